The number of nitrogens with zero attached hydrogens (tertiary/aromatic N) is 1. The maximum absolute atomic E-state index is 12.4. The summed E-state index contributed by atoms with van der Waals surface area (Å²) in [4.78, 5) is 23.5. The SMILES string of the molecule is Cc1cc2c(=O)c(-c3ccon3)coc2c(C=O)c1O. The summed E-state index contributed by atoms with van der Waals surface area (Å²) < 4.78 is 10.0. The number of rotatable bonds is 2. The predicted octanol–water partition coefficient (Wildman–Crippen LogP) is 2.27. The van der Waals surface area contributed by atoms with Gasteiger partial charge in [-0.2, -0.15) is 0 Å². The first-order chi connectivity index (χ1) is 9.63. The van der Waals surface area contributed by atoms with Gasteiger partial charge in [0, 0.05) is 6.07 Å². The van der Waals surface area contributed by atoms with Crippen molar-refractivity contribution in [3.05, 3.63) is 46.0 Å². The number of hydrogen-bond donors (Lipinski definition) is 1. The van der Waals surface area contributed by atoms with Crippen molar-refractivity contribution in [1.29, 1.82) is 0 Å². The van der Waals surface area contributed by atoms with Gasteiger partial charge in [-0.1, -0.05) is 5.16 Å². The Hall–Kier alpha value is -2.89. The molecule has 0 aliphatic carbocycles. The Kier molecular flexibility index (Phi) is 2.64. The van der Waals surface area contributed by atoms with Gasteiger partial charge in [0.05, 0.1) is 16.5 Å². The quantitative estimate of drug-likeness (QED) is 0.718. The number of aryl methyl sites for hydroxylation is 1. The molecule has 3 aromatic rings. The van der Waals surface area contributed by atoms with Crippen molar-refractivity contribution in [3.8, 4) is 17.0 Å². The molecule has 6 heteroatoms. The maximum Gasteiger partial charge on any atom is 0.202 e. The van der Waals surface area contributed by atoms with E-state index in [9.17, 15) is 14.7 Å². The van der Waals surface area contributed by atoms with Gasteiger partial charge in [0.25, 0.3) is 0 Å². The minimum Gasteiger partial charge on any atom is -0.507 e. The molecule has 20 heavy (non-hydrogen) atoms. The van der Waals surface area contributed by atoms with Crippen molar-refractivity contribution in [2.24, 2.45) is 0 Å². The Balaban J connectivity index is 2.43. The van der Waals surface area contributed by atoms with E-state index in [1.807, 2.05) is 0 Å². The highest BCUT2D eigenvalue weighted by Gasteiger charge is 2.17. The number of benzene rings is 1. The van der Waals surface area contributed by atoms with Crippen LogP contribution in [-0.2, 0) is 0 Å². The molecule has 0 amide bonds. The Labute approximate surface area is 112 Å². The number of carbonyl (C=O) groups excluding carboxylic acids is 1. The molecule has 0 fully saturated rings. The van der Waals surface area contributed by atoms with E-state index >= 15 is 0 Å². The van der Waals surface area contributed by atoms with Crippen LogP contribution in [0.5, 0.6) is 5.75 Å². The summed E-state index contributed by atoms with van der Waals surface area (Å²) >= 11 is 0. The Bertz CT molecular complexity index is 861. The molecular formula is C14H9NO5. The van der Waals surface area contributed by atoms with Gasteiger partial charge in [0.2, 0.25) is 5.43 Å². The number of aldehydes is 1. The topological polar surface area (TPSA) is 93.5 Å². The van der Waals surface area contributed by atoms with E-state index in [2.05, 4.69) is 5.16 Å². The normalized spacial score (nSPS) is 10.8. The zero-order valence-electron chi connectivity index (χ0n) is 10.4. The molecule has 1 aromatic carbocycles. The largest absolute Gasteiger partial charge is 0.507 e. The summed E-state index contributed by atoms with van der Waals surface area (Å²) in [7, 11) is 0. The number of aromatic hydroxyl groups is 1. The molecule has 0 saturated carbocycles. The van der Waals surface area contributed by atoms with Crippen molar-refractivity contribution >= 4 is 17.3 Å². The highest BCUT2D eigenvalue weighted by molar-refractivity contribution is 5.98. The van der Waals surface area contributed by atoms with Gasteiger partial charge in [-0.15, -0.1) is 0 Å². The van der Waals surface area contributed by atoms with Gasteiger partial charge in [-0.05, 0) is 18.6 Å². The fourth-order valence-corrected chi connectivity index (χ4v) is 2.07. The summed E-state index contributed by atoms with van der Waals surface area (Å²) in [5, 5.41) is 13.7. The van der Waals surface area contributed by atoms with Crippen LogP contribution in [0.4, 0.5) is 0 Å². The molecule has 2 heterocycles. The van der Waals surface area contributed by atoms with Gasteiger partial charge in [-0.25, -0.2) is 0 Å². The lowest BCUT2D eigenvalue weighted by Crippen LogP contribution is -2.06. The molecule has 100 valence electrons. The average Bonchev–Trinajstić information content (AvgIpc) is 2.96. The summed E-state index contributed by atoms with van der Waals surface area (Å²) in [5.74, 6) is -0.190. The molecule has 3 rings (SSSR count). The van der Waals surface area contributed by atoms with Crippen molar-refractivity contribution in [1.82, 2.24) is 5.16 Å². The first kappa shape index (κ1) is 12.2. The highest BCUT2D eigenvalue weighted by atomic mass is 16.5. The van der Waals surface area contributed by atoms with E-state index in [1.54, 1.807) is 6.92 Å². The number of phenolic OH excluding ortho intramolecular Hbond substituents is 1. The van der Waals surface area contributed by atoms with Crippen LogP contribution in [0.1, 0.15) is 15.9 Å². The second kappa shape index (κ2) is 4.34. The van der Waals surface area contributed by atoms with Crippen molar-refractivity contribution in [2.75, 3.05) is 0 Å². The van der Waals surface area contributed by atoms with Crippen molar-refractivity contribution < 1.29 is 18.8 Å². The van der Waals surface area contributed by atoms with Gasteiger partial charge in [0.15, 0.2) is 11.9 Å². The average molecular weight is 271 g/mol. The van der Waals surface area contributed by atoms with Gasteiger partial charge in [0.1, 0.15) is 24.0 Å². The predicted molar refractivity (Wildman–Crippen MR) is 69.8 cm³/mol. The lowest BCUT2D eigenvalue weighted by atomic mass is 10.0. The Morgan fingerprint density at radius 3 is 2.85 bits per heavy atom. The molecule has 0 bridgehead atoms. The summed E-state index contributed by atoms with van der Waals surface area (Å²) in [5.41, 5.74) is 0.673. The first-order valence-electron chi connectivity index (χ1n) is 5.77. The molecule has 6 nitrogen and oxygen atoms in total. The molecule has 0 saturated heterocycles. The van der Waals surface area contributed by atoms with Crippen LogP contribution >= 0.6 is 0 Å². The van der Waals surface area contributed by atoms with E-state index < -0.39 is 0 Å². The molecule has 0 aliphatic heterocycles. The number of hydrogen-bond acceptors (Lipinski definition) is 6. The van der Waals surface area contributed by atoms with E-state index in [4.69, 9.17) is 8.94 Å². The van der Waals surface area contributed by atoms with Gasteiger partial charge in [-0.3, -0.25) is 9.59 Å². The van der Waals surface area contributed by atoms with Crippen LogP contribution in [0.3, 0.4) is 0 Å². The monoisotopic (exact) mass is 271 g/mol. The molecule has 0 radical (unpaired) electrons. The lowest BCUT2D eigenvalue weighted by Gasteiger charge is -2.06. The minimum absolute atomic E-state index is 0.0381. The van der Waals surface area contributed by atoms with Crippen LogP contribution in [0.2, 0.25) is 0 Å². The van der Waals surface area contributed by atoms with Gasteiger partial charge >= 0.3 is 0 Å². The number of phenols is 1. The van der Waals surface area contributed by atoms with Crippen molar-refractivity contribution in [3.63, 3.8) is 0 Å². The van der Waals surface area contributed by atoms with E-state index in [1.165, 1.54) is 24.7 Å². The molecule has 0 aliphatic rings. The Morgan fingerprint density at radius 1 is 1.40 bits per heavy atom. The second-order valence-corrected chi connectivity index (χ2v) is 4.31. The third-order valence-electron chi connectivity index (χ3n) is 3.09. The molecule has 1 N–H and O–H groups in total. The third kappa shape index (κ3) is 1.62. The number of carbonyl (C=O) groups is 1. The second-order valence-electron chi connectivity index (χ2n) is 4.31. The van der Waals surface area contributed by atoms with Crippen LogP contribution in [0, 0.1) is 6.92 Å². The molecule has 2 aromatic heterocycles. The van der Waals surface area contributed by atoms with E-state index in [-0.39, 0.29) is 33.3 Å². The molecular weight excluding hydrogens is 262 g/mol. The molecule has 0 spiro atoms. The zero-order valence-corrected chi connectivity index (χ0v) is 10.4. The van der Waals surface area contributed by atoms with Crippen LogP contribution in [-0.4, -0.2) is 16.5 Å². The van der Waals surface area contributed by atoms with Crippen LogP contribution in [0.15, 0.2) is 38.4 Å². The fraction of sp³-hybridized carbons (Fsp3) is 0.0714. The number of aromatic nitrogens is 1. The standard InChI is InChI=1S/C14H9NO5/c1-7-4-8-13(18)10(11-2-3-20-15-11)6-19-14(8)9(5-16)12(7)17/h2-6,17H,1H3. The lowest BCUT2D eigenvalue weighted by molar-refractivity contribution is 0.112. The first-order valence-corrected chi connectivity index (χ1v) is 5.77. The van der Waals surface area contributed by atoms with Crippen LogP contribution < -0.4 is 5.43 Å². The minimum atomic E-state index is -0.341. The smallest absolute Gasteiger partial charge is 0.202 e. The molecule has 0 atom stereocenters. The highest BCUT2D eigenvalue weighted by Crippen LogP contribution is 2.29. The maximum atomic E-state index is 12.4. The summed E-state index contributed by atoms with van der Waals surface area (Å²) in [6.07, 6.45) is 3.01. The molecule has 0 unspecified atom stereocenters. The van der Waals surface area contributed by atoms with Gasteiger partial charge < -0.3 is 14.0 Å². The number of fused-ring (bicyclic) bond motifs is 1. The Morgan fingerprint density at radius 2 is 2.20 bits per heavy atom. The van der Waals surface area contributed by atoms with E-state index in [0.717, 1.165) is 0 Å². The van der Waals surface area contributed by atoms with E-state index in [0.29, 0.717) is 17.5 Å². The fourth-order valence-electron chi connectivity index (χ4n) is 2.07. The van der Waals surface area contributed by atoms with Crippen LogP contribution in [0.25, 0.3) is 22.2 Å². The summed E-state index contributed by atoms with van der Waals surface area (Å²) in [6, 6.07) is 3.01. The third-order valence-corrected chi connectivity index (χ3v) is 3.09. The van der Waals surface area contributed by atoms with Crippen molar-refractivity contribution in [2.45, 2.75) is 6.92 Å². The zero-order chi connectivity index (χ0) is 14.3. The summed E-state index contributed by atoms with van der Waals surface area (Å²) in [6.45, 7) is 1.60.